The van der Waals surface area contributed by atoms with Gasteiger partial charge in [0.05, 0.1) is 74.6 Å². The van der Waals surface area contributed by atoms with E-state index in [9.17, 15) is 34.8 Å². The number of carboxylic acids is 1. The van der Waals surface area contributed by atoms with Crippen molar-refractivity contribution in [2.75, 3.05) is 48.2 Å². The maximum Gasteiger partial charge on any atom is 0.328 e. The van der Waals surface area contributed by atoms with Crippen molar-refractivity contribution >= 4 is 17.8 Å². The summed E-state index contributed by atoms with van der Waals surface area (Å²) < 4.78 is 79.3. The van der Waals surface area contributed by atoms with Crippen molar-refractivity contribution in [3.05, 3.63) is 122 Å². The number of hydrogen-bond acceptors (Lipinski definition) is 20. The van der Waals surface area contributed by atoms with Crippen LogP contribution in [0.2, 0.25) is 0 Å². The van der Waals surface area contributed by atoms with Crippen molar-refractivity contribution in [3.8, 4) is 0 Å². The van der Waals surface area contributed by atoms with Crippen molar-refractivity contribution in [2.45, 2.75) is 204 Å². The molecule has 0 saturated carbocycles. The van der Waals surface area contributed by atoms with Crippen LogP contribution in [0.15, 0.2) is 117 Å². The van der Waals surface area contributed by atoms with Gasteiger partial charge in [0, 0.05) is 78.1 Å². The normalized spacial score (nSPS) is 34.5. The van der Waals surface area contributed by atoms with Crippen LogP contribution in [0.5, 0.6) is 0 Å². The molecule has 5 aliphatic heterocycles. The SMILES string of the molecule is C.C=C.C=CC.COC(/C=C/C=C/CNC(=O)C(CO[C@@H]1C[C@@H](OC)C(O[C@H]2C[C@H](OC)[C@H](O[C@@H]3C[C@@H](OC)[C@@H](O)[C@@H](C)O3)[C@@H](C)O2)[C@@H](C)O1)[C@@]1(O)OCC(C)(C)[C@@H](O)[C@H]1OC(=O)Cc1ccccc1)[C@@H](C)C1C[C@@H](O)[C@@H](/C=C/C=C/C=C/C(=O)O)O1. The van der Waals surface area contributed by atoms with Gasteiger partial charge in [-0.1, -0.05) is 119 Å². The van der Waals surface area contributed by atoms with Crippen LogP contribution in [0.3, 0.4) is 0 Å². The number of esters is 1. The molecular formula is C65H101NO21. The number of benzene rings is 1. The van der Waals surface area contributed by atoms with E-state index in [1.807, 2.05) is 26.8 Å². The Morgan fingerprint density at radius 2 is 1.34 bits per heavy atom. The number of carbonyl (C=O) groups excluding carboxylic acids is 2. The second kappa shape index (κ2) is 38.0. The predicted molar refractivity (Wildman–Crippen MR) is 325 cm³/mol. The second-order valence-corrected chi connectivity index (χ2v) is 22.4. The summed E-state index contributed by atoms with van der Waals surface area (Å²) in [5, 5.41) is 57.2. The minimum absolute atomic E-state index is 0. The minimum atomic E-state index is -2.60. The molecule has 21 atom stereocenters. The molecule has 1 amide bonds. The van der Waals surface area contributed by atoms with Crippen molar-refractivity contribution in [3.63, 3.8) is 0 Å². The molecule has 5 heterocycles. The minimum Gasteiger partial charge on any atom is -0.478 e. The summed E-state index contributed by atoms with van der Waals surface area (Å²) in [6.45, 7) is 21.2. The molecule has 0 radical (unpaired) electrons. The number of nitrogens with one attached hydrogen (secondary N) is 1. The number of aliphatic hydroxyl groups excluding tert-OH is 3. The molecule has 4 unspecified atom stereocenters. The number of carbonyl (C=O) groups is 3. The molecule has 0 aliphatic carbocycles. The fourth-order valence-corrected chi connectivity index (χ4v) is 10.8. The summed E-state index contributed by atoms with van der Waals surface area (Å²) >= 11 is 0. The Kier molecular flexibility index (Phi) is 33.4. The van der Waals surface area contributed by atoms with Crippen LogP contribution in [0, 0.1) is 17.3 Å². The highest BCUT2D eigenvalue weighted by Crippen LogP contribution is 2.42. The van der Waals surface area contributed by atoms with Crippen LogP contribution in [-0.4, -0.2) is 208 Å². The van der Waals surface area contributed by atoms with Crippen LogP contribution in [0.4, 0.5) is 0 Å². The molecule has 0 bridgehead atoms. The van der Waals surface area contributed by atoms with E-state index in [0.717, 1.165) is 6.08 Å². The second-order valence-electron chi connectivity index (χ2n) is 22.4. The molecule has 6 rings (SSSR count). The topological polar surface area (TPSA) is 284 Å². The predicted octanol–water partition coefficient (Wildman–Crippen LogP) is 6.24. The molecule has 22 nitrogen and oxygen atoms in total. The largest absolute Gasteiger partial charge is 0.478 e. The maximum absolute atomic E-state index is 14.5. The molecule has 1 aromatic carbocycles. The molecule has 87 heavy (non-hydrogen) atoms. The van der Waals surface area contributed by atoms with E-state index in [1.165, 1.54) is 20.3 Å². The van der Waals surface area contributed by atoms with Crippen LogP contribution < -0.4 is 5.32 Å². The summed E-state index contributed by atoms with van der Waals surface area (Å²) in [4.78, 5) is 38.8. The maximum atomic E-state index is 14.5. The fraction of sp³-hybridized carbons (Fsp3) is 0.646. The van der Waals surface area contributed by atoms with Gasteiger partial charge in [0.15, 0.2) is 25.0 Å². The van der Waals surface area contributed by atoms with E-state index in [0.29, 0.717) is 18.4 Å². The number of methoxy groups -OCH3 is 4. The number of aliphatic carboxylic acids is 1. The number of rotatable bonds is 26. The monoisotopic (exact) mass is 1230 g/mol. The first-order chi connectivity index (χ1) is 41.0. The number of ether oxygens (including phenoxy) is 13. The van der Waals surface area contributed by atoms with Gasteiger partial charge in [-0.2, -0.15) is 0 Å². The first-order valence-electron chi connectivity index (χ1n) is 29.3. The number of hydrogen-bond donors (Lipinski definition) is 6. The fourth-order valence-electron chi connectivity index (χ4n) is 10.8. The summed E-state index contributed by atoms with van der Waals surface area (Å²) in [6, 6.07) is 8.82. The quantitative estimate of drug-likeness (QED) is 0.0259. The summed E-state index contributed by atoms with van der Waals surface area (Å²) in [5.74, 6) is -6.95. The van der Waals surface area contributed by atoms with Gasteiger partial charge in [-0.3, -0.25) is 9.59 Å². The Morgan fingerprint density at radius 1 is 0.782 bits per heavy atom. The molecular weight excluding hydrogens is 1130 g/mol. The van der Waals surface area contributed by atoms with Crippen molar-refractivity contribution in [1.29, 1.82) is 0 Å². The van der Waals surface area contributed by atoms with E-state index < -0.39 is 146 Å². The van der Waals surface area contributed by atoms with Crippen LogP contribution >= 0.6 is 0 Å². The van der Waals surface area contributed by atoms with Crippen LogP contribution in [-0.2, 0) is 82.4 Å². The highest BCUT2D eigenvalue weighted by Gasteiger charge is 2.61. The number of carboxylic acid groups (broad SMARTS) is 1. The van der Waals surface area contributed by atoms with Gasteiger partial charge in [0.25, 0.3) is 0 Å². The number of aliphatic hydroxyl groups is 4. The van der Waals surface area contributed by atoms with Crippen molar-refractivity contribution < 1.29 is 101 Å². The third-order valence-corrected chi connectivity index (χ3v) is 15.7. The Labute approximate surface area is 515 Å². The lowest BCUT2D eigenvalue weighted by Gasteiger charge is -2.51. The first-order valence-corrected chi connectivity index (χ1v) is 29.3. The lowest BCUT2D eigenvalue weighted by Crippen LogP contribution is -2.68. The Morgan fingerprint density at radius 3 is 1.93 bits per heavy atom. The van der Waals surface area contributed by atoms with Crippen molar-refractivity contribution in [2.24, 2.45) is 17.3 Å². The molecule has 0 spiro atoms. The Bertz CT molecular complexity index is 2350. The zero-order chi connectivity index (χ0) is 63.7. The highest BCUT2D eigenvalue weighted by molar-refractivity contribution is 5.80. The van der Waals surface area contributed by atoms with E-state index in [2.05, 4.69) is 25.1 Å². The summed E-state index contributed by atoms with van der Waals surface area (Å²) in [7, 11) is 6.21. The molecule has 6 N–H and O–H groups in total. The third-order valence-electron chi connectivity index (χ3n) is 15.7. The van der Waals surface area contributed by atoms with E-state index >= 15 is 0 Å². The molecule has 5 aliphatic rings. The molecule has 22 heteroatoms. The molecule has 1 aromatic rings. The van der Waals surface area contributed by atoms with Crippen LogP contribution in [0.1, 0.15) is 87.1 Å². The smallest absolute Gasteiger partial charge is 0.328 e. The van der Waals surface area contributed by atoms with E-state index in [4.69, 9.17) is 66.7 Å². The summed E-state index contributed by atoms with van der Waals surface area (Å²) in [6.07, 6.45) is 5.64. The third kappa shape index (κ3) is 22.3. The molecule has 5 fully saturated rings. The Hall–Kier alpha value is -4.83. The van der Waals surface area contributed by atoms with Gasteiger partial charge in [-0.15, -0.1) is 19.7 Å². The zero-order valence-electron chi connectivity index (χ0n) is 51.8. The van der Waals surface area contributed by atoms with Gasteiger partial charge in [-0.25, -0.2) is 4.79 Å². The van der Waals surface area contributed by atoms with E-state index in [-0.39, 0.29) is 51.9 Å². The number of allylic oxidation sites excluding steroid dienone is 7. The average Bonchev–Trinajstić information content (AvgIpc) is 1.35. The van der Waals surface area contributed by atoms with Crippen molar-refractivity contribution in [1.82, 2.24) is 5.32 Å². The van der Waals surface area contributed by atoms with Gasteiger partial charge in [-0.05, 0) is 33.3 Å². The van der Waals surface area contributed by atoms with Crippen LogP contribution in [0.25, 0.3) is 0 Å². The highest BCUT2D eigenvalue weighted by atomic mass is 16.7. The summed E-state index contributed by atoms with van der Waals surface area (Å²) in [5.41, 5.74) is -0.395. The molecule has 5 saturated heterocycles. The number of amides is 1. The lowest BCUT2D eigenvalue weighted by molar-refractivity contribution is -0.355. The lowest BCUT2D eigenvalue weighted by atomic mass is 9.75. The first kappa shape index (κ1) is 76.4. The molecule has 492 valence electrons. The standard InChI is InChI=1S/C59H87NO21.C3H6.C2H4.CH4/c1-34(43-28-40(61)42(78-43)24-17-11-12-19-25-47(62)63)41(69-7)23-18-14-20-26-60-57(67)39(59(68)56(55(66)58(5,6)33-74-59)79-48(64)27-38-21-15-13-16-22-38)32-73-49-30-45(71-9)53(36(3)76-49)81-51-31-46(72-10)54(37(4)77-51)80-50-29-44(70-8)52(65)35(2)75-50;1-3-2;1-2;/h11-25,34-37,39-46,49-56,61,65-66,68H,26-33H2,1-10H3,(H,60,67)(H,62,63);3H,1H2,2H3;1-2H2;1H4/b12-11+,20-14+,23-18+,24-17+,25-19+;;;/t34-,35-,36-,37-,39?,40-,41?,42-,43?,44-,45-,46+,49+,50-,51+,52+,53?,54-,55+,56-,59-;;;/m1.../s1. The molecule has 0 aromatic heterocycles. The zero-order valence-corrected chi connectivity index (χ0v) is 51.8. The van der Waals surface area contributed by atoms with Gasteiger partial charge in [0.2, 0.25) is 11.7 Å². The van der Waals surface area contributed by atoms with Gasteiger partial charge in [0.1, 0.15) is 36.4 Å². The Balaban J connectivity index is 0.00000320. The van der Waals surface area contributed by atoms with E-state index in [1.54, 1.807) is 121 Å². The van der Waals surface area contributed by atoms with Gasteiger partial charge < -0.3 is 92.4 Å². The van der Waals surface area contributed by atoms with Gasteiger partial charge >= 0.3 is 11.9 Å². The average molecular weight is 1230 g/mol.